The second kappa shape index (κ2) is 73.9. The predicted octanol–water partition coefficient (Wildman–Crippen LogP) is 26.9. The van der Waals surface area contributed by atoms with Crippen LogP contribution in [0.1, 0.15) is 406 Å². The summed E-state index contributed by atoms with van der Waals surface area (Å²) in [7, 11) is 1.50. The number of rotatable bonds is 76. The molecule has 0 aliphatic rings. The van der Waals surface area contributed by atoms with Crippen LogP contribution in [0.2, 0.25) is 0 Å². The Hall–Kier alpha value is -2.29. The van der Waals surface area contributed by atoms with Crippen molar-refractivity contribution >= 4 is 19.8 Å². The fourth-order valence-corrected chi connectivity index (χ4v) is 12.9. The molecule has 1 N–H and O–H groups in total. The minimum absolute atomic E-state index is 0.0340. The lowest BCUT2D eigenvalue weighted by molar-refractivity contribution is -0.870. The van der Waals surface area contributed by atoms with Gasteiger partial charge in [0, 0.05) is 12.8 Å². The van der Waals surface area contributed by atoms with E-state index in [1.807, 2.05) is 21.1 Å². The number of carbonyl (C=O) groups is 2. The Balaban J connectivity index is 3.91. The monoisotopic (exact) mass is 1330 g/mol. The largest absolute Gasteiger partial charge is 0.472 e. The number of phosphoric acid groups is 1. The third-order valence-electron chi connectivity index (χ3n) is 18.3. The van der Waals surface area contributed by atoms with Crippen molar-refractivity contribution in [3.05, 3.63) is 60.8 Å². The first-order valence-corrected chi connectivity index (χ1v) is 42.0. The molecule has 2 unspecified atom stereocenters. The standard InChI is InChI=1S/C83H156NO8P/c1-6-8-10-12-14-16-18-20-22-24-26-28-30-32-34-36-38-40-42-44-46-48-50-52-54-56-58-60-62-64-66-68-70-72-74-76-83(86)92-81(80-91-93(87,88)90-78-77-84(3,4)5)79-89-82(85)75-73-71-69-67-65-63-61-59-57-55-53-51-49-47-45-43-41-39-37-35-33-31-29-27-25-23-21-19-17-15-13-11-9-7-2/h8,10,14,16,20,22,26,28,32,34,81H,6-7,9,11-13,15,17-19,21,23-25,27,29-31,33,35-80H2,1-5H3/p+1/b10-8-,16-14-,22-20-,28-26-,34-32-. The van der Waals surface area contributed by atoms with Crippen LogP contribution in [0.25, 0.3) is 0 Å². The van der Waals surface area contributed by atoms with Gasteiger partial charge in [-0.05, 0) is 57.8 Å². The van der Waals surface area contributed by atoms with E-state index in [4.69, 9.17) is 18.5 Å². The zero-order valence-electron chi connectivity index (χ0n) is 62.5. The van der Waals surface area contributed by atoms with E-state index in [0.717, 1.165) is 64.2 Å². The van der Waals surface area contributed by atoms with Gasteiger partial charge in [-0.25, -0.2) is 4.57 Å². The second-order valence-electron chi connectivity index (χ2n) is 28.8. The minimum atomic E-state index is -4.39. The zero-order chi connectivity index (χ0) is 67.6. The summed E-state index contributed by atoms with van der Waals surface area (Å²) in [5.41, 5.74) is 0. The Bertz CT molecular complexity index is 1750. The molecule has 0 amide bonds. The highest BCUT2D eigenvalue weighted by Gasteiger charge is 2.27. The van der Waals surface area contributed by atoms with E-state index < -0.39 is 26.5 Å². The Kier molecular flexibility index (Phi) is 72.1. The van der Waals surface area contributed by atoms with Crippen LogP contribution in [0.3, 0.4) is 0 Å². The van der Waals surface area contributed by atoms with Gasteiger partial charge in [-0.2, -0.15) is 0 Å². The molecule has 0 aliphatic carbocycles. The zero-order valence-corrected chi connectivity index (χ0v) is 63.4. The highest BCUT2D eigenvalue weighted by Crippen LogP contribution is 2.43. The number of ether oxygens (including phenoxy) is 2. The molecule has 0 aliphatic heterocycles. The van der Waals surface area contributed by atoms with Crippen LogP contribution in [-0.2, 0) is 32.7 Å². The van der Waals surface area contributed by atoms with Crippen LogP contribution >= 0.6 is 7.82 Å². The van der Waals surface area contributed by atoms with Gasteiger partial charge in [0.25, 0.3) is 0 Å². The number of carbonyl (C=O) groups excluding carboxylic acids is 2. The number of hydrogen-bond acceptors (Lipinski definition) is 7. The molecule has 9 nitrogen and oxygen atoms in total. The molecule has 0 fully saturated rings. The number of hydrogen-bond donors (Lipinski definition) is 1. The number of phosphoric ester groups is 1. The summed E-state index contributed by atoms with van der Waals surface area (Å²) in [5, 5.41) is 0. The van der Waals surface area contributed by atoms with Gasteiger partial charge >= 0.3 is 19.8 Å². The number of likely N-dealkylation sites (N-methyl/N-ethyl adjacent to an activating group) is 1. The summed E-state index contributed by atoms with van der Waals surface area (Å²) in [6, 6.07) is 0. The lowest BCUT2D eigenvalue weighted by atomic mass is 10.0. The van der Waals surface area contributed by atoms with Gasteiger partial charge in [0.1, 0.15) is 19.8 Å². The van der Waals surface area contributed by atoms with E-state index in [9.17, 15) is 19.0 Å². The van der Waals surface area contributed by atoms with Crippen LogP contribution in [0.5, 0.6) is 0 Å². The van der Waals surface area contributed by atoms with E-state index >= 15 is 0 Å². The molecule has 93 heavy (non-hydrogen) atoms. The smallest absolute Gasteiger partial charge is 0.462 e. The molecule has 0 heterocycles. The van der Waals surface area contributed by atoms with Crippen LogP contribution in [0, 0.1) is 0 Å². The molecule has 2 atom stereocenters. The average molecular weight is 1330 g/mol. The van der Waals surface area contributed by atoms with Crippen molar-refractivity contribution in [3.8, 4) is 0 Å². The van der Waals surface area contributed by atoms with Gasteiger partial charge in [-0.1, -0.05) is 396 Å². The summed E-state index contributed by atoms with van der Waals surface area (Å²) in [6.45, 7) is 4.40. The average Bonchev–Trinajstić information content (AvgIpc) is 2.44. The third-order valence-corrected chi connectivity index (χ3v) is 19.3. The Morgan fingerprint density at radius 3 is 0.914 bits per heavy atom. The lowest BCUT2D eigenvalue weighted by Crippen LogP contribution is -2.37. The molecule has 0 saturated heterocycles. The van der Waals surface area contributed by atoms with Gasteiger partial charge < -0.3 is 18.9 Å². The molecule has 0 radical (unpaired) electrons. The quantitative estimate of drug-likeness (QED) is 0.0211. The second-order valence-corrected chi connectivity index (χ2v) is 30.2. The van der Waals surface area contributed by atoms with Crippen molar-refractivity contribution in [2.24, 2.45) is 0 Å². The van der Waals surface area contributed by atoms with Crippen molar-refractivity contribution < 1.29 is 42.1 Å². The first-order chi connectivity index (χ1) is 45.5. The Morgan fingerprint density at radius 2 is 0.613 bits per heavy atom. The summed E-state index contributed by atoms with van der Waals surface area (Å²) < 4.78 is 34.8. The summed E-state index contributed by atoms with van der Waals surface area (Å²) in [6.07, 6.45) is 99.5. The number of unbranched alkanes of at least 4 members (excludes halogenated alkanes) is 52. The fourth-order valence-electron chi connectivity index (χ4n) is 12.2. The molecular weight excluding hydrogens is 1170 g/mol. The van der Waals surface area contributed by atoms with Crippen molar-refractivity contribution in [1.82, 2.24) is 0 Å². The SMILES string of the molecule is CC/C=C\C/C=C\C/C=C\C/C=C\C/C=C\CCCCCCCCCCCCCCCCCCCCCC(=O)OC(COC(=O)CCCCCCCCCCCCCCCCCCCCCCCCCCCCCCCCCCCC)COP(=O)(O)OCC[N+](C)(C)C. The maximum absolute atomic E-state index is 12.9. The maximum atomic E-state index is 12.9. The van der Waals surface area contributed by atoms with Crippen LogP contribution < -0.4 is 0 Å². The number of allylic oxidation sites excluding steroid dienone is 10. The van der Waals surface area contributed by atoms with E-state index in [2.05, 4.69) is 74.6 Å². The molecule has 0 aromatic carbocycles. The van der Waals surface area contributed by atoms with Crippen molar-refractivity contribution in [2.45, 2.75) is 412 Å². The fraction of sp³-hybridized carbons (Fsp3) is 0.855. The minimum Gasteiger partial charge on any atom is -0.462 e. The number of quaternary nitrogens is 1. The normalized spacial score (nSPS) is 13.3. The molecule has 10 heteroatoms. The summed E-state index contributed by atoms with van der Waals surface area (Å²) in [5.74, 6) is -0.774. The molecule has 0 saturated carbocycles. The van der Waals surface area contributed by atoms with E-state index in [0.29, 0.717) is 23.9 Å². The highest BCUT2D eigenvalue weighted by atomic mass is 31.2. The van der Waals surface area contributed by atoms with Gasteiger partial charge in [0.05, 0.1) is 27.7 Å². The molecule has 0 bridgehead atoms. The van der Waals surface area contributed by atoms with Gasteiger partial charge in [-0.3, -0.25) is 18.6 Å². The first-order valence-electron chi connectivity index (χ1n) is 40.5. The topological polar surface area (TPSA) is 108 Å². The van der Waals surface area contributed by atoms with Crippen LogP contribution in [0.15, 0.2) is 60.8 Å². The molecule has 0 rings (SSSR count). The highest BCUT2D eigenvalue weighted by molar-refractivity contribution is 7.47. The molecule has 0 spiro atoms. The molecule has 0 aromatic rings. The predicted molar refractivity (Wildman–Crippen MR) is 404 cm³/mol. The number of nitrogens with zero attached hydrogens (tertiary/aromatic N) is 1. The van der Waals surface area contributed by atoms with E-state index in [-0.39, 0.29) is 25.6 Å². The van der Waals surface area contributed by atoms with Crippen molar-refractivity contribution in [3.63, 3.8) is 0 Å². The van der Waals surface area contributed by atoms with Crippen molar-refractivity contribution in [1.29, 1.82) is 0 Å². The Labute approximate surface area is 578 Å². The molecule has 0 aromatic heterocycles. The molecular formula is C83H157NO8P+. The molecule has 546 valence electrons. The van der Waals surface area contributed by atoms with Crippen molar-refractivity contribution in [2.75, 3.05) is 47.5 Å². The summed E-state index contributed by atoms with van der Waals surface area (Å²) in [4.78, 5) is 36.0. The lowest BCUT2D eigenvalue weighted by Gasteiger charge is -2.24. The van der Waals surface area contributed by atoms with E-state index in [1.54, 1.807) is 0 Å². The summed E-state index contributed by atoms with van der Waals surface area (Å²) >= 11 is 0. The third kappa shape index (κ3) is 78.6. The number of esters is 2. The van der Waals surface area contributed by atoms with Gasteiger partial charge in [0.15, 0.2) is 6.10 Å². The maximum Gasteiger partial charge on any atom is 0.472 e. The van der Waals surface area contributed by atoms with Crippen LogP contribution in [-0.4, -0.2) is 74.9 Å². The first kappa shape index (κ1) is 90.7. The van der Waals surface area contributed by atoms with Gasteiger partial charge in [0.2, 0.25) is 0 Å². The Morgan fingerprint density at radius 1 is 0.344 bits per heavy atom. The van der Waals surface area contributed by atoms with Gasteiger partial charge in [-0.15, -0.1) is 0 Å². The van der Waals surface area contributed by atoms with Crippen LogP contribution in [0.4, 0.5) is 0 Å². The van der Waals surface area contributed by atoms with E-state index in [1.165, 1.54) is 308 Å².